The molecule has 15 aromatic rings. The van der Waals surface area contributed by atoms with Crippen molar-refractivity contribution >= 4 is 54.4 Å². The Morgan fingerprint density at radius 3 is 1.46 bits per heavy atom. The molecule has 0 spiro atoms. The van der Waals surface area contributed by atoms with Gasteiger partial charge in [0.25, 0.3) is 0 Å². The number of rotatable bonds is 9. The lowest BCUT2D eigenvalue weighted by Gasteiger charge is -2.15. The predicted octanol–water partition coefficient (Wildman–Crippen LogP) is 18.6. The Kier molecular flexibility index (Phi) is 11.1. The van der Waals surface area contributed by atoms with E-state index in [1.807, 2.05) is 48.7 Å². The van der Waals surface area contributed by atoms with Crippen molar-refractivity contribution in [1.82, 2.24) is 29.5 Å². The Labute approximate surface area is 456 Å². The van der Waals surface area contributed by atoms with Gasteiger partial charge in [0, 0.05) is 44.4 Å². The first-order valence-electron chi connectivity index (χ1n) is 26.6. The summed E-state index contributed by atoms with van der Waals surface area (Å²) in [6, 6.07) is 96.6. The molecule has 368 valence electrons. The molecule has 0 atom stereocenters. The second-order valence-electron chi connectivity index (χ2n) is 20.0. The summed E-state index contributed by atoms with van der Waals surface area (Å²) in [5.74, 6) is 1.80. The van der Waals surface area contributed by atoms with Gasteiger partial charge in [-0.2, -0.15) is 9.97 Å². The van der Waals surface area contributed by atoms with Crippen LogP contribution in [0.25, 0.3) is 150 Å². The van der Waals surface area contributed by atoms with E-state index in [-0.39, 0.29) is 0 Å². The minimum absolute atomic E-state index is 0.565. The lowest BCUT2D eigenvalue weighted by molar-refractivity contribution is 0.953. The average Bonchev–Trinajstić information content (AvgIpc) is 4.14. The van der Waals surface area contributed by atoms with E-state index in [1.54, 1.807) is 0 Å². The van der Waals surface area contributed by atoms with Gasteiger partial charge in [0.2, 0.25) is 5.95 Å². The molecule has 4 heterocycles. The molecule has 6 heteroatoms. The van der Waals surface area contributed by atoms with Crippen LogP contribution in [0.15, 0.2) is 279 Å². The monoisotopic (exact) mass is 1010 g/mol. The molecule has 0 bridgehead atoms. The minimum atomic E-state index is 0.565. The number of fused-ring (bicyclic) bond motifs is 8. The van der Waals surface area contributed by atoms with Crippen molar-refractivity contribution in [2.24, 2.45) is 0 Å². The van der Waals surface area contributed by atoms with Gasteiger partial charge in [-0.1, -0.05) is 231 Å². The number of nitrogens with zero attached hydrogens (tertiary/aromatic N) is 6. The summed E-state index contributed by atoms with van der Waals surface area (Å²) < 4.78 is 2.21. The van der Waals surface area contributed by atoms with E-state index >= 15 is 0 Å². The van der Waals surface area contributed by atoms with Gasteiger partial charge in [-0.25, -0.2) is 9.97 Å². The summed E-state index contributed by atoms with van der Waals surface area (Å²) in [5.41, 5.74) is 19.1. The van der Waals surface area contributed by atoms with Crippen LogP contribution in [0.1, 0.15) is 0 Å². The highest BCUT2D eigenvalue weighted by Crippen LogP contribution is 2.43. The van der Waals surface area contributed by atoms with Crippen LogP contribution in [0.4, 0.5) is 0 Å². The third kappa shape index (κ3) is 8.10. The molecular formula is C73H46N6. The summed E-state index contributed by atoms with van der Waals surface area (Å²) in [6.07, 6.45) is 1.92. The lowest BCUT2D eigenvalue weighted by atomic mass is 9.90. The Balaban J connectivity index is 0.822. The molecule has 0 N–H and O–H groups in total. The zero-order valence-electron chi connectivity index (χ0n) is 42.7. The SMILES string of the molecule is c1ccc(-c2ccc3ccc4c(-c5ccccc5-c5cccc(-c6cccc(-c7ccccc7-c7ccc8c(c7)c7c9ccccc9ccc7n8-c7nc(-c8ccccc8)nc(-c8ccccc8)n7)c6)c5)ccnc4c3n2)cc1. The topological polar surface area (TPSA) is 69.4 Å². The van der Waals surface area contributed by atoms with Crippen molar-refractivity contribution in [3.8, 4) is 95.6 Å². The van der Waals surface area contributed by atoms with E-state index in [0.29, 0.717) is 17.6 Å². The van der Waals surface area contributed by atoms with E-state index < -0.39 is 0 Å². The van der Waals surface area contributed by atoms with Crippen LogP contribution in [-0.2, 0) is 0 Å². The third-order valence-corrected chi connectivity index (χ3v) is 15.3. The van der Waals surface area contributed by atoms with Crippen LogP contribution in [0.5, 0.6) is 0 Å². The molecule has 0 aliphatic carbocycles. The Morgan fingerprint density at radius 1 is 0.266 bits per heavy atom. The number of aromatic nitrogens is 6. The van der Waals surface area contributed by atoms with Gasteiger partial charge >= 0.3 is 0 Å². The van der Waals surface area contributed by atoms with Crippen LogP contribution in [0.3, 0.4) is 0 Å². The Hall–Kier alpha value is -10.7. The van der Waals surface area contributed by atoms with E-state index in [0.717, 1.165) is 122 Å². The molecule has 11 aromatic carbocycles. The van der Waals surface area contributed by atoms with E-state index in [9.17, 15) is 0 Å². The standard InChI is InChI=1S/C73H46N6/c1-4-19-48(20-5-1)65-39-35-49-34-38-63-62(42-43-74-70(63)69(49)75-65)61-33-15-14-31-59(61)55-28-17-26-53(45-55)52-25-16-27-54(44-52)57-29-12-13-30-58(57)56-37-40-66-64(46-56)68-60-32-11-10-18-47(60)36-41-67(68)79(66)73-77-71(50-21-6-2-7-22-50)76-72(78-73)51-23-8-3-9-24-51/h1-46H. The van der Waals surface area contributed by atoms with Crippen molar-refractivity contribution in [2.45, 2.75) is 0 Å². The fourth-order valence-electron chi connectivity index (χ4n) is 11.6. The van der Waals surface area contributed by atoms with Crippen LogP contribution in [-0.4, -0.2) is 29.5 Å². The summed E-state index contributed by atoms with van der Waals surface area (Å²) in [5, 5.41) is 6.75. The van der Waals surface area contributed by atoms with Crippen molar-refractivity contribution in [3.05, 3.63) is 279 Å². The highest BCUT2D eigenvalue weighted by Gasteiger charge is 2.21. The van der Waals surface area contributed by atoms with Crippen molar-refractivity contribution in [2.75, 3.05) is 0 Å². The fraction of sp³-hybridized carbons (Fsp3) is 0. The number of pyridine rings is 2. The highest BCUT2D eigenvalue weighted by atomic mass is 15.2. The molecule has 0 aliphatic heterocycles. The zero-order chi connectivity index (χ0) is 52.2. The minimum Gasteiger partial charge on any atom is -0.278 e. The van der Waals surface area contributed by atoms with Crippen molar-refractivity contribution in [1.29, 1.82) is 0 Å². The van der Waals surface area contributed by atoms with Gasteiger partial charge in [-0.3, -0.25) is 9.55 Å². The molecule has 6 nitrogen and oxygen atoms in total. The maximum atomic E-state index is 5.23. The fourth-order valence-corrected chi connectivity index (χ4v) is 11.6. The van der Waals surface area contributed by atoms with Crippen molar-refractivity contribution in [3.63, 3.8) is 0 Å². The molecular weight excluding hydrogens is 961 g/mol. The van der Waals surface area contributed by atoms with Gasteiger partial charge in [-0.05, 0) is 109 Å². The number of benzene rings is 11. The summed E-state index contributed by atoms with van der Waals surface area (Å²) in [6.45, 7) is 0. The predicted molar refractivity (Wildman–Crippen MR) is 326 cm³/mol. The normalized spacial score (nSPS) is 11.5. The van der Waals surface area contributed by atoms with Crippen LogP contribution in [0.2, 0.25) is 0 Å². The molecule has 0 amide bonds. The molecule has 0 saturated heterocycles. The Bertz CT molecular complexity index is 4780. The second kappa shape index (κ2) is 19.2. The average molecular weight is 1010 g/mol. The maximum absolute atomic E-state index is 5.23. The molecule has 0 fully saturated rings. The van der Waals surface area contributed by atoms with Gasteiger partial charge in [0.15, 0.2) is 11.6 Å². The zero-order valence-corrected chi connectivity index (χ0v) is 42.7. The van der Waals surface area contributed by atoms with Gasteiger partial charge < -0.3 is 0 Å². The van der Waals surface area contributed by atoms with E-state index in [4.69, 9.17) is 24.9 Å². The first-order valence-corrected chi connectivity index (χ1v) is 26.6. The van der Waals surface area contributed by atoms with E-state index in [1.165, 1.54) is 10.8 Å². The summed E-state index contributed by atoms with van der Waals surface area (Å²) >= 11 is 0. The highest BCUT2D eigenvalue weighted by molar-refractivity contribution is 6.22. The van der Waals surface area contributed by atoms with Gasteiger partial charge in [0.05, 0.1) is 27.8 Å². The Morgan fingerprint density at radius 2 is 0.785 bits per heavy atom. The third-order valence-electron chi connectivity index (χ3n) is 15.3. The molecule has 4 aromatic heterocycles. The smallest absolute Gasteiger partial charge is 0.238 e. The van der Waals surface area contributed by atoms with Crippen LogP contribution in [0, 0.1) is 0 Å². The van der Waals surface area contributed by atoms with Crippen molar-refractivity contribution < 1.29 is 0 Å². The van der Waals surface area contributed by atoms with Crippen LogP contribution < -0.4 is 0 Å². The lowest BCUT2D eigenvalue weighted by Crippen LogP contribution is -2.06. The molecule has 0 unspecified atom stereocenters. The summed E-state index contributed by atoms with van der Waals surface area (Å²) in [7, 11) is 0. The maximum Gasteiger partial charge on any atom is 0.238 e. The molecule has 0 radical (unpaired) electrons. The molecule has 79 heavy (non-hydrogen) atoms. The first kappa shape index (κ1) is 45.7. The molecule has 0 saturated carbocycles. The molecule has 0 aliphatic rings. The second-order valence-corrected chi connectivity index (χ2v) is 20.0. The summed E-state index contributed by atoms with van der Waals surface area (Å²) in [4.78, 5) is 25.6. The van der Waals surface area contributed by atoms with Crippen LogP contribution >= 0.6 is 0 Å². The number of hydrogen-bond donors (Lipinski definition) is 0. The quantitative estimate of drug-likeness (QED) is 0.135. The largest absolute Gasteiger partial charge is 0.278 e. The van der Waals surface area contributed by atoms with Gasteiger partial charge in [-0.15, -0.1) is 0 Å². The first-order chi connectivity index (χ1) is 39.2. The van der Waals surface area contributed by atoms with Gasteiger partial charge in [0.1, 0.15) is 0 Å². The number of hydrogen-bond acceptors (Lipinski definition) is 5. The van der Waals surface area contributed by atoms with E-state index in [2.05, 4.69) is 235 Å². The molecule has 15 rings (SSSR count).